The van der Waals surface area contributed by atoms with E-state index >= 15 is 0 Å². The number of aliphatic hydroxyl groups is 1. The molecule has 18 heavy (non-hydrogen) atoms. The lowest BCUT2D eigenvalue weighted by Gasteiger charge is -2.34. The standard InChI is InChI=1S/C14H26N2O2/c1-10-3-4-13(11(2)7-10)15-14(18)16-6-5-12(8-16)9-17/h10-13,17H,3-9H2,1-2H3,(H,15,18). The van der Waals surface area contributed by atoms with Gasteiger partial charge in [0.1, 0.15) is 0 Å². The second-order valence-electron chi connectivity index (χ2n) is 6.23. The number of nitrogens with one attached hydrogen (secondary N) is 1. The largest absolute Gasteiger partial charge is 0.396 e. The summed E-state index contributed by atoms with van der Waals surface area (Å²) in [6.07, 6.45) is 4.46. The number of rotatable bonds is 2. The van der Waals surface area contributed by atoms with E-state index in [1.165, 1.54) is 12.8 Å². The van der Waals surface area contributed by atoms with Gasteiger partial charge in [-0.2, -0.15) is 0 Å². The Kier molecular flexibility index (Phi) is 4.49. The first-order valence-corrected chi connectivity index (χ1v) is 7.26. The molecule has 4 unspecified atom stereocenters. The molecule has 104 valence electrons. The third-order valence-electron chi connectivity index (χ3n) is 4.57. The molecule has 0 aromatic rings. The number of carbonyl (C=O) groups excluding carboxylic acids is 1. The molecule has 2 aliphatic rings. The number of nitrogens with zero attached hydrogens (tertiary/aromatic N) is 1. The van der Waals surface area contributed by atoms with E-state index in [0.717, 1.165) is 25.3 Å². The molecule has 1 aliphatic carbocycles. The highest BCUT2D eigenvalue weighted by Crippen LogP contribution is 2.28. The van der Waals surface area contributed by atoms with Crippen molar-refractivity contribution in [3.8, 4) is 0 Å². The maximum atomic E-state index is 12.1. The fourth-order valence-electron chi connectivity index (χ4n) is 3.30. The van der Waals surface area contributed by atoms with Crippen LogP contribution in [0.2, 0.25) is 0 Å². The van der Waals surface area contributed by atoms with Crippen LogP contribution in [0.1, 0.15) is 39.5 Å². The molecule has 0 bridgehead atoms. The molecule has 0 spiro atoms. The van der Waals surface area contributed by atoms with Gasteiger partial charge in [-0.25, -0.2) is 4.79 Å². The van der Waals surface area contributed by atoms with Gasteiger partial charge in [-0.1, -0.05) is 13.8 Å². The summed E-state index contributed by atoms with van der Waals surface area (Å²) >= 11 is 0. The van der Waals surface area contributed by atoms with Gasteiger partial charge in [0.2, 0.25) is 0 Å². The van der Waals surface area contributed by atoms with E-state index in [1.54, 1.807) is 0 Å². The van der Waals surface area contributed by atoms with Gasteiger partial charge in [0.05, 0.1) is 0 Å². The summed E-state index contributed by atoms with van der Waals surface area (Å²) in [5, 5.41) is 12.3. The minimum absolute atomic E-state index is 0.0670. The Hall–Kier alpha value is -0.770. The molecule has 1 aliphatic heterocycles. The van der Waals surface area contributed by atoms with E-state index in [1.807, 2.05) is 4.90 Å². The average Bonchev–Trinajstić information content (AvgIpc) is 2.81. The Labute approximate surface area is 110 Å². The van der Waals surface area contributed by atoms with Crippen molar-refractivity contribution >= 4 is 6.03 Å². The van der Waals surface area contributed by atoms with Gasteiger partial charge in [-0.05, 0) is 37.5 Å². The van der Waals surface area contributed by atoms with Crippen LogP contribution < -0.4 is 5.32 Å². The summed E-state index contributed by atoms with van der Waals surface area (Å²) in [7, 11) is 0. The molecule has 0 aromatic heterocycles. The van der Waals surface area contributed by atoms with E-state index in [2.05, 4.69) is 19.2 Å². The second-order valence-corrected chi connectivity index (χ2v) is 6.23. The molecule has 2 rings (SSSR count). The smallest absolute Gasteiger partial charge is 0.317 e. The summed E-state index contributed by atoms with van der Waals surface area (Å²) in [5.41, 5.74) is 0. The molecule has 4 nitrogen and oxygen atoms in total. The molecule has 4 atom stereocenters. The third-order valence-corrected chi connectivity index (χ3v) is 4.57. The van der Waals surface area contributed by atoms with Crippen LogP contribution in [-0.2, 0) is 0 Å². The van der Waals surface area contributed by atoms with Gasteiger partial charge >= 0.3 is 6.03 Å². The highest BCUT2D eigenvalue weighted by molar-refractivity contribution is 5.74. The van der Waals surface area contributed by atoms with E-state index in [9.17, 15) is 4.79 Å². The molecule has 2 N–H and O–H groups in total. The fourth-order valence-corrected chi connectivity index (χ4v) is 3.30. The Morgan fingerprint density at radius 2 is 2.11 bits per heavy atom. The van der Waals surface area contributed by atoms with Gasteiger partial charge in [0.25, 0.3) is 0 Å². The molecular weight excluding hydrogens is 228 g/mol. The van der Waals surface area contributed by atoms with Crippen molar-refractivity contribution in [2.75, 3.05) is 19.7 Å². The SMILES string of the molecule is CC1CCC(NC(=O)N2CCC(CO)C2)C(C)C1. The van der Waals surface area contributed by atoms with Gasteiger partial charge in [-0.3, -0.25) is 0 Å². The summed E-state index contributed by atoms with van der Waals surface area (Å²) in [6.45, 7) is 6.22. The number of likely N-dealkylation sites (tertiary alicyclic amines) is 1. The van der Waals surface area contributed by atoms with Crippen LogP contribution in [0.5, 0.6) is 0 Å². The lowest BCUT2D eigenvalue weighted by atomic mass is 9.80. The monoisotopic (exact) mass is 254 g/mol. The van der Waals surface area contributed by atoms with Crippen molar-refractivity contribution in [1.29, 1.82) is 0 Å². The van der Waals surface area contributed by atoms with Gasteiger partial charge < -0.3 is 15.3 Å². The maximum Gasteiger partial charge on any atom is 0.317 e. The van der Waals surface area contributed by atoms with Crippen LogP contribution in [-0.4, -0.2) is 41.8 Å². The molecule has 0 aromatic carbocycles. The van der Waals surface area contributed by atoms with E-state index < -0.39 is 0 Å². The summed E-state index contributed by atoms with van der Waals surface area (Å²) in [4.78, 5) is 14.0. The van der Waals surface area contributed by atoms with Crippen LogP contribution in [0.3, 0.4) is 0 Å². The first-order chi connectivity index (χ1) is 8.60. The average molecular weight is 254 g/mol. The molecule has 2 fully saturated rings. The number of amides is 2. The van der Waals surface area contributed by atoms with Gasteiger partial charge in [0.15, 0.2) is 0 Å². The van der Waals surface area contributed by atoms with Crippen molar-refractivity contribution in [1.82, 2.24) is 10.2 Å². The highest BCUT2D eigenvalue weighted by atomic mass is 16.3. The zero-order valence-corrected chi connectivity index (χ0v) is 11.6. The Balaban J connectivity index is 1.81. The molecule has 2 amide bonds. The van der Waals surface area contributed by atoms with Crippen LogP contribution >= 0.6 is 0 Å². The molecular formula is C14H26N2O2. The Bertz CT molecular complexity index is 296. The normalized spacial score (nSPS) is 36.7. The van der Waals surface area contributed by atoms with Crippen molar-refractivity contribution in [2.45, 2.75) is 45.6 Å². The maximum absolute atomic E-state index is 12.1. The van der Waals surface area contributed by atoms with Crippen LogP contribution in [0, 0.1) is 17.8 Å². The number of hydrogen-bond acceptors (Lipinski definition) is 2. The van der Waals surface area contributed by atoms with Gasteiger partial charge in [-0.15, -0.1) is 0 Å². The predicted molar refractivity (Wildman–Crippen MR) is 71.3 cm³/mol. The van der Waals surface area contributed by atoms with Gasteiger partial charge in [0, 0.05) is 31.7 Å². The van der Waals surface area contributed by atoms with Crippen molar-refractivity contribution in [3.63, 3.8) is 0 Å². The quantitative estimate of drug-likeness (QED) is 0.790. The molecule has 1 heterocycles. The van der Waals surface area contributed by atoms with Crippen molar-refractivity contribution in [2.24, 2.45) is 17.8 Å². The highest BCUT2D eigenvalue weighted by Gasteiger charge is 2.30. The van der Waals surface area contributed by atoms with Crippen molar-refractivity contribution in [3.05, 3.63) is 0 Å². The Morgan fingerprint density at radius 3 is 2.72 bits per heavy atom. The lowest BCUT2D eigenvalue weighted by Crippen LogP contribution is -2.48. The van der Waals surface area contributed by atoms with Crippen LogP contribution in [0.15, 0.2) is 0 Å². The molecule has 1 saturated carbocycles. The minimum atomic E-state index is 0.0670. The number of urea groups is 1. The van der Waals surface area contributed by atoms with Crippen LogP contribution in [0.4, 0.5) is 4.79 Å². The zero-order chi connectivity index (χ0) is 13.1. The van der Waals surface area contributed by atoms with Crippen LogP contribution in [0.25, 0.3) is 0 Å². The third kappa shape index (κ3) is 3.16. The molecule has 0 radical (unpaired) electrons. The minimum Gasteiger partial charge on any atom is -0.396 e. The zero-order valence-electron chi connectivity index (χ0n) is 11.6. The van der Waals surface area contributed by atoms with Crippen molar-refractivity contribution < 1.29 is 9.90 Å². The molecule has 4 heteroatoms. The first-order valence-electron chi connectivity index (χ1n) is 7.26. The summed E-state index contributed by atoms with van der Waals surface area (Å²) in [5.74, 6) is 1.65. The molecule has 1 saturated heterocycles. The van der Waals surface area contributed by atoms with E-state index in [4.69, 9.17) is 5.11 Å². The topological polar surface area (TPSA) is 52.6 Å². The fraction of sp³-hybridized carbons (Fsp3) is 0.929. The number of carbonyl (C=O) groups is 1. The summed E-state index contributed by atoms with van der Waals surface area (Å²) in [6, 6.07) is 0.402. The first kappa shape index (κ1) is 13.7. The number of hydrogen-bond donors (Lipinski definition) is 2. The van der Waals surface area contributed by atoms with E-state index in [0.29, 0.717) is 18.5 Å². The van der Waals surface area contributed by atoms with E-state index in [-0.39, 0.29) is 18.6 Å². The Morgan fingerprint density at radius 1 is 1.33 bits per heavy atom. The number of aliphatic hydroxyl groups excluding tert-OH is 1. The second kappa shape index (κ2) is 5.91. The lowest BCUT2D eigenvalue weighted by molar-refractivity contribution is 0.177. The predicted octanol–water partition coefficient (Wildman–Crippen LogP) is 1.83. The summed E-state index contributed by atoms with van der Waals surface area (Å²) < 4.78 is 0.